The molecule has 0 aliphatic carbocycles. The number of nitrogens with zero attached hydrogens (tertiary/aromatic N) is 2. The molecular formula is C15H18N6O2S. The van der Waals surface area contributed by atoms with Gasteiger partial charge in [0.2, 0.25) is 5.91 Å². The zero-order chi connectivity index (χ0) is 17.7. The highest BCUT2D eigenvalue weighted by molar-refractivity contribution is 7.17. The van der Waals surface area contributed by atoms with Gasteiger partial charge in [0.05, 0.1) is 11.4 Å². The van der Waals surface area contributed by atoms with Crippen molar-refractivity contribution in [1.29, 1.82) is 0 Å². The number of carbonyl (C=O) groups excluding carboxylic acids is 2. The summed E-state index contributed by atoms with van der Waals surface area (Å²) in [6, 6.07) is 7.39. The quantitative estimate of drug-likeness (QED) is 0.452. The molecule has 8 nitrogen and oxygen atoms in total. The molecule has 0 saturated carbocycles. The number of anilines is 1. The Kier molecular flexibility index (Phi) is 5.48. The molecule has 2 amide bonds. The van der Waals surface area contributed by atoms with Gasteiger partial charge in [-0.3, -0.25) is 9.59 Å². The average Bonchev–Trinajstić information content (AvgIpc) is 2.88. The van der Waals surface area contributed by atoms with Crippen LogP contribution in [0.2, 0.25) is 0 Å². The summed E-state index contributed by atoms with van der Waals surface area (Å²) in [4.78, 5) is 31.2. The van der Waals surface area contributed by atoms with Gasteiger partial charge < -0.3 is 22.5 Å². The fourth-order valence-electron chi connectivity index (χ4n) is 2.07. The van der Waals surface area contributed by atoms with Gasteiger partial charge in [0, 0.05) is 6.92 Å². The van der Waals surface area contributed by atoms with Crippen LogP contribution >= 0.6 is 11.3 Å². The number of aromatic nitrogens is 1. The van der Waals surface area contributed by atoms with E-state index >= 15 is 0 Å². The number of aliphatic imine (C=N–C) groups is 1. The predicted octanol–water partition coefficient (Wildman–Crippen LogP) is 0.890. The molecule has 1 aromatic heterocycles. The van der Waals surface area contributed by atoms with Crippen LogP contribution in [0.4, 0.5) is 10.8 Å². The summed E-state index contributed by atoms with van der Waals surface area (Å²) in [6.45, 7) is 1.38. The van der Waals surface area contributed by atoms with E-state index in [2.05, 4.69) is 15.3 Å². The number of hydrogen-bond acceptors (Lipinski definition) is 5. The largest absolute Gasteiger partial charge is 0.370 e. The highest BCUT2D eigenvalue weighted by atomic mass is 32.1. The molecule has 9 heteroatoms. The molecule has 0 unspecified atom stereocenters. The van der Waals surface area contributed by atoms with Crippen LogP contribution in [0.5, 0.6) is 0 Å². The van der Waals surface area contributed by atoms with E-state index in [1.54, 1.807) is 12.1 Å². The van der Waals surface area contributed by atoms with Crippen molar-refractivity contribution in [2.45, 2.75) is 19.8 Å². The summed E-state index contributed by atoms with van der Waals surface area (Å²) in [5, 5.41) is 2.94. The number of primary amides is 1. The summed E-state index contributed by atoms with van der Waals surface area (Å²) < 4.78 is 0. The molecule has 1 heterocycles. The summed E-state index contributed by atoms with van der Waals surface area (Å²) in [6.07, 6.45) is 1.18. The molecule has 2 rings (SSSR count). The third-order valence-corrected chi connectivity index (χ3v) is 4.08. The molecule has 0 fully saturated rings. The van der Waals surface area contributed by atoms with Crippen molar-refractivity contribution >= 4 is 39.9 Å². The maximum absolute atomic E-state index is 11.5. The number of benzene rings is 1. The maximum atomic E-state index is 11.5. The fourth-order valence-corrected chi connectivity index (χ4v) is 2.98. The SMILES string of the molecule is CC(=O)Nc1nc(CCc2ccc(N=C(N)N)cc2)c(C(N)=O)s1. The highest BCUT2D eigenvalue weighted by Crippen LogP contribution is 2.24. The van der Waals surface area contributed by atoms with Crippen molar-refractivity contribution in [3.05, 3.63) is 40.4 Å². The Morgan fingerprint density at radius 1 is 1.17 bits per heavy atom. The normalized spacial score (nSPS) is 10.2. The van der Waals surface area contributed by atoms with Gasteiger partial charge in [0.25, 0.3) is 5.91 Å². The van der Waals surface area contributed by atoms with E-state index in [4.69, 9.17) is 17.2 Å². The molecule has 0 saturated heterocycles. The first-order chi connectivity index (χ1) is 11.3. The van der Waals surface area contributed by atoms with Gasteiger partial charge in [0.1, 0.15) is 4.88 Å². The highest BCUT2D eigenvalue weighted by Gasteiger charge is 2.16. The van der Waals surface area contributed by atoms with Crippen LogP contribution in [-0.4, -0.2) is 22.8 Å². The standard InChI is InChI=1S/C15H18N6O2S/c1-8(22)19-15-21-11(12(24-15)13(16)23)7-4-9-2-5-10(6-3-9)20-14(17)18/h2-3,5-6H,4,7H2,1H3,(H2,16,23)(H4,17,18,20)(H,19,21,22). The zero-order valence-corrected chi connectivity index (χ0v) is 13.9. The molecule has 126 valence electrons. The summed E-state index contributed by atoms with van der Waals surface area (Å²) in [5.74, 6) is -0.800. The summed E-state index contributed by atoms with van der Waals surface area (Å²) in [7, 11) is 0. The molecule has 0 spiro atoms. The van der Waals surface area contributed by atoms with Crippen LogP contribution in [0.3, 0.4) is 0 Å². The lowest BCUT2D eigenvalue weighted by Gasteiger charge is -2.02. The first-order valence-corrected chi connectivity index (χ1v) is 7.92. The van der Waals surface area contributed by atoms with E-state index in [0.717, 1.165) is 16.9 Å². The van der Waals surface area contributed by atoms with E-state index in [0.29, 0.717) is 34.2 Å². The average molecular weight is 346 g/mol. The first kappa shape index (κ1) is 17.4. The first-order valence-electron chi connectivity index (χ1n) is 7.11. The van der Waals surface area contributed by atoms with Crippen molar-refractivity contribution in [3.8, 4) is 0 Å². The Morgan fingerprint density at radius 3 is 2.38 bits per heavy atom. The van der Waals surface area contributed by atoms with Crippen LogP contribution < -0.4 is 22.5 Å². The topological polar surface area (TPSA) is 149 Å². The molecule has 0 aliphatic heterocycles. The Balaban J connectivity index is 2.10. The van der Waals surface area contributed by atoms with Gasteiger partial charge in [-0.2, -0.15) is 0 Å². The van der Waals surface area contributed by atoms with Gasteiger partial charge in [-0.15, -0.1) is 0 Å². The predicted molar refractivity (Wildman–Crippen MR) is 94.3 cm³/mol. The molecule has 0 atom stereocenters. The number of guanidine groups is 1. The lowest BCUT2D eigenvalue weighted by atomic mass is 10.1. The molecule has 0 bridgehead atoms. The fraction of sp³-hybridized carbons (Fsp3) is 0.200. The third kappa shape index (κ3) is 4.78. The van der Waals surface area contributed by atoms with E-state index in [1.165, 1.54) is 6.92 Å². The Bertz CT molecular complexity index is 778. The second kappa shape index (κ2) is 7.55. The van der Waals surface area contributed by atoms with Crippen molar-refractivity contribution < 1.29 is 9.59 Å². The van der Waals surface area contributed by atoms with Crippen molar-refractivity contribution in [2.75, 3.05) is 5.32 Å². The zero-order valence-electron chi connectivity index (χ0n) is 13.1. The van der Waals surface area contributed by atoms with Gasteiger partial charge in [-0.05, 0) is 30.5 Å². The minimum absolute atomic E-state index is 0.00169. The lowest BCUT2D eigenvalue weighted by Crippen LogP contribution is -2.21. The molecule has 2 aromatic rings. The van der Waals surface area contributed by atoms with Crippen LogP contribution in [0.15, 0.2) is 29.3 Å². The number of amides is 2. The van der Waals surface area contributed by atoms with Crippen LogP contribution in [0.1, 0.15) is 27.9 Å². The molecular weight excluding hydrogens is 328 g/mol. The summed E-state index contributed by atoms with van der Waals surface area (Å²) in [5.41, 5.74) is 18.3. The van der Waals surface area contributed by atoms with Gasteiger partial charge in [-0.25, -0.2) is 9.98 Å². The van der Waals surface area contributed by atoms with Gasteiger partial charge >= 0.3 is 0 Å². The van der Waals surface area contributed by atoms with E-state index in [-0.39, 0.29) is 11.9 Å². The number of thiazole rings is 1. The lowest BCUT2D eigenvalue weighted by molar-refractivity contribution is -0.114. The Labute approximate surface area is 142 Å². The number of hydrogen-bond donors (Lipinski definition) is 4. The van der Waals surface area contributed by atoms with Gasteiger partial charge in [0.15, 0.2) is 11.1 Å². The van der Waals surface area contributed by atoms with Gasteiger partial charge in [-0.1, -0.05) is 23.5 Å². The van der Waals surface area contributed by atoms with Crippen LogP contribution in [-0.2, 0) is 17.6 Å². The molecule has 7 N–H and O–H groups in total. The monoisotopic (exact) mass is 346 g/mol. The number of nitrogens with two attached hydrogens (primary N) is 3. The van der Waals surface area contributed by atoms with Crippen LogP contribution in [0, 0.1) is 0 Å². The second-order valence-corrected chi connectivity index (χ2v) is 6.04. The molecule has 0 aliphatic rings. The van der Waals surface area contributed by atoms with E-state index in [9.17, 15) is 9.59 Å². The second-order valence-electron chi connectivity index (χ2n) is 5.04. The molecule has 0 radical (unpaired) electrons. The number of aryl methyl sites for hydroxylation is 2. The summed E-state index contributed by atoms with van der Waals surface area (Å²) >= 11 is 1.08. The molecule has 1 aromatic carbocycles. The number of carbonyl (C=O) groups is 2. The number of nitrogens with one attached hydrogen (secondary N) is 1. The number of rotatable bonds is 6. The van der Waals surface area contributed by atoms with Crippen molar-refractivity contribution in [1.82, 2.24) is 4.98 Å². The smallest absolute Gasteiger partial charge is 0.260 e. The minimum atomic E-state index is -0.554. The third-order valence-electron chi connectivity index (χ3n) is 3.05. The van der Waals surface area contributed by atoms with Crippen molar-refractivity contribution in [2.24, 2.45) is 22.2 Å². The maximum Gasteiger partial charge on any atom is 0.260 e. The Morgan fingerprint density at radius 2 is 1.83 bits per heavy atom. The van der Waals surface area contributed by atoms with Crippen molar-refractivity contribution in [3.63, 3.8) is 0 Å². The van der Waals surface area contributed by atoms with E-state index in [1.807, 2.05) is 12.1 Å². The Hall–Kier alpha value is -2.94. The molecule has 24 heavy (non-hydrogen) atoms. The van der Waals surface area contributed by atoms with E-state index < -0.39 is 5.91 Å². The minimum Gasteiger partial charge on any atom is -0.370 e. The van der Waals surface area contributed by atoms with Crippen LogP contribution in [0.25, 0.3) is 0 Å².